The van der Waals surface area contributed by atoms with Crippen LogP contribution in [0.3, 0.4) is 0 Å². The number of primary amides is 1. The second-order valence-electron chi connectivity index (χ2n) is 5.78. The van der Waals surface area contributed by atoms with Gasteiger partial charge in [0.05, 0.1) is 12.2 Å². The van der Waals surface area contributed by atoms with E-state index in [-0.39, 0.29) is 6.04 Å². The van der Waals surface area contributed by atoms with E-state index >= 15 is 0 Å². The minimum Gasteiger partial charge on any atom is -0.493 e. The molecule has 1 unspecified atom stereocenters. The lowest BCUT2D eigenvalue weighted by Gasteiger charge is -2.17. The first kappa shape index (κ1) is 18.1. The molecule has 0 bridgehead atoms. The first-order chi connectivity index (χ1) is 11.5. The Morgan fingerprint density at radius 1 is 1.33 bits per heavy atom. The molecule has 1 atom stereocenters. The van der Waals surface area contributed by atoms with Gasteiger partial charge < -0.3 is 25.3 Å². The van der Waals surface area contributed by atoms with Crippen LogP contribution in [0.1, 0.15) is 48.2 Å². The van der Waals surface area contributed by atoms with E-state index in [2.05, 4.69) is 5.32 Å². The van der Waals surface area contributed by atoms with Crippen LogP contribution >= 0.6 is 0 Å². The van der Waals surface area contributed by atoms with Gasteiger partial charge in [-0.2, -0.15) is 0 Å². The Labute approximate surface area is 141 Å². The predicted molar refractivity (Wildman–Crippen MR) is 88.0 cm³/mol. The molecule has 1 aromatic carbocycles. The standard InChI is InChI=1S/C17H24N2O5/c1-11(24-17(21)19-13-5-6-13)12-4-7-14(16(18)20)15(10-12)23-9-3-8-22-2/h4,7,10-11,13H,3,5-6,8-9H2,1-2H3,(H2,18,20)(H,19,21). The third-order valence-electron chi connectivity index (χ3n) is 3.67. The average Bonchev–Trinajstić information content (AvgIpc) is 3.34. The molecule has 1 fully saturated rings. The third-order valence-corrected chi connectivity index (χ3v) is 3.67. The molecule has 1 aliphatic carbocycles. The number of amides is 2. The molecule has 3 N–H and O–H groups in total. The van der Waals surface area contributed by atoms with E-state index in [9.17, 15) is 9.59 Å². The molecular formula is C17H24N2O5. The van der Waals surface area contributed by atoms with Crippen LogP contribution < -0.4 is 15.8 Å². The van der Waals surface area contributed by atoms with Gasteiger partial charge in [-0.05, 0) is 37.5 Å². The number of alkyl carbamates (subject to hydrolysis) is 1. The molecule has 24 heavy (non-hydrogen) atoms. The van der Waals surface area contributed by atoms with Gasteiger partial charge in [0, 0.05) is 26.2 Å². The molecule has 0 aliphatic heterocycles. The fourth-order valence-electron chi connectivity index (χ4n) is 2.16. The van der Waals surface area contributed by atoms with Crippen molar-refractivity contribution in [1.82, 2.24) is 5.32 Å². The molecule has 0 radical (unpaired) electrons. The Balaban J connectivity index is 2.02. The van der Waals surface area contributed by atoms with Crippen molar-refractivity contribution in [3.63, 3.8) is 0 Å². The smallest absolute Gasteiger partial charge is 0.407 e. The van der Waals surface area contributed by atoms with Gasteiger partial charge in [-0.25, -0.2) is 4.79 Å². The summed E-state index contributed by atoms with van der Waals surface area (Å²) in [6.07, 6.45) is 1.78. The van der Waals surface area contributed by atoms with Crippen LogP contribution in [0.5, 0.6) is 5.75 Å². The van der Waals surface area contributed by atoms with Crippen LogP contribution in [0.25, 0.3) is 0 Å². The summed E-state index contributed by atoms with van der Waals surface area (Å²) >= 11 is 0. The van der Waals surface area contributed by atoms with Crippen molar-refractivity contribution in [3.8, 4) is 5.75 Å². The van der Waals surface area contributed by atoms with E-state index in [4.69, 9.17) is 19.9 Å². The van der Waals surface area contributed by atoms with Crippen molar-refractivity contribution in [2.45, 2.75) is 38.3 Å². The summed E-state index contributed by atoms with van der Waals surface area (Å²) < 4.78 is 15.9. The van der Waals surface area contributed by atoms with Gasteiger partial charge in [0.25, 0.3) is 5.91 Å². The first-order valence-corrected chi connectivity index (χ1v) is 8.04. The molecular weight excluding hydrogens is 312 g/mol. The quantitative estimate of drug-likeness (QED) is 0.673. The summed E-state index contributed by atoms with van der Waals surface area (Å²) in [5.74, 6) is -0.183. The second kappa shape index (κ2) is 8.54. The lowest BCUT2D eigenvalue weighted by Crippen LogP contribution is -2.27. The monoisotopic (exact) mass is 336 g/mol. The maximum Gasteiger partial charge on any atom is 0.407 e. The highest BCUT2D eigenvalue weighted by Gasteiger charge is 2.25. The van der Waals surface area contributed by atoms with Gasteiger partial charge in [-0.1, -0.05) is 6.07 Å². The van der Waals surface area contributed by atoms with Crippen molar-refractivity contribution in [2.24, 2.45) is 5.73 Å². The molecule has 2 rings (SSSR count). The van der Waals surface area contributed by atoms with Crippen molar-refractivity contribution < 1.29 is 23.8 Å². The Hall–Kier alpha value is -2.28. The number of ether oxygens (including phenoxy) is 3. The molecule has 1 aromatic rings. The SMILES string of the molecule is COCCCOc1cc(C(C)OC(=O)NC2CC2)ccc1C(N)=O. The summed E-state index contributed by atoms with van der Waals surface area (Å²) in [5, 5.41) is 2.77. The maximum absolute atomic E-state index is 11.7. The van der Waals surface area contributed by atoms with Gasteiger partial charge >= 0.3 is 6.09 Å². The molecule has 7 heteroatoms. The van der Waals surface area contributed by atoms with Crippen LogP contribution in [0.15, 0.2) is 18.2 Å². The summed E-state index contributed by atoms with van der Waals surface area (Å²) in [6, 6.07) is 5.21. The summed E-state index contributed by atoms with van der Waals surface area (Å²) in [6.45, 7) is 2.72. The number of hydrogen-bond acceptors (Lipinski definition) is 5. The maximum atomic E-state index is 11.7. The molecule has 0 aromatic heterocycles. The van der Waals surface area contributed by atoms with Gasteiger partial charge in [-0.15, -0.1) is 0 Å². The van der Waals surface area contributed by atoms with Crippen molar-refractivity contribution in [3.05, 3.63) is 29.3 Å². The van der Waals surface area contributed by atoms with Gasteiger partial charge in [0.2, 0.25) is 0 Å². The summed E-state index contributed by atoms with van der Waals surface area (Å²) in [5.41, 5.74) is 6.40. The minimum absolute atomic E-state index is 0.238. The van der Waals surface area contributed by atoms with E-state index < -0.39 is 18.1 Å². The lowest BCUT2D eigenvalue weighted by atomic mass is 10.1. The number of rotatable bonds is 9. The zero-order valence-electron chi connectivity index (χ0n) is 14.0. The largest absolute Gasteiger partial charge is 0.493 e. The Morgan fingerprint density at radius 2 is 2.08 bits per heavy atom. The Morgan fingerprint density at radius 3 is 2.71 bits per heavy atom. The van der Waals surface area contributed by atoms with Crippen LogP contribution in [-0.2, 0) is 9.47 Å². The highest BCUT2D eigenvalue weighted by Crippen LogP contribution is 2.26. The van der Waals surface area contributed by atoms with E-state index in [1.165, 1.54) is 0 Å². The minimum atomic E-state index is -0.566. The summed E-state index contributed by atoms with van der Waals surface area (Å²) in [4.78, 5) is 23.2. The molecule has 0 spiro atoms. The van der Waals surface area contributed by atoms with Gasteiger partial charge in [-0.3, -0.25) is 4.79 Å². The Bertz CT molecular complexity index is 586. The second-order valence-corrected chi connectivity index (χ2v) is 5.78. The zero-order chi connectivity index (χ0) is 17.5. The third kappa shape index (κ3) is 5.42. The van der Waals surface area contributed by atoms with Gasteiger partial charge in [0.15, 0.2) is 0 Å². The van der Waals surface area contributed by atoms with Crippen LogP contribution in [-0.4, -0.2) is 38.4 Å². The molecule has 1 saturated carbocycles. The van der Waals surface area contributed by atoms with Crippen molar-refractivity contribution >= 4 is 12.0 Å². The highest BCUT2D eigenvalue weighted by molar-refractivity contribution is 5.95. The average molecular weight is 336 g/mol. The van der Waals surface area contributed by atoms with Gasteiger partial charge in [0.1, 0.15) is 11.9 Å². The molecule has 132 valence electrons. The van der Waals surface area contributed by atoms with E-state index in [1.807, 2.05) is 0 Å². The number of carbonyl (C=O) groups excluding carboxylic acids is 2. The normalized spacial score (nSPS) is 14.8. The predicted octanol–water partition coefficient (Wildman–Crippen LogP) is 2.15. The van der Waals surface area contributed by atoms with Crippen molar-refractivity contribution in [1.29, 1.82) is 0 Å². The van der Waals surface area contributed by atoms with Crippen LogP contribution in [0, 0.1) is 0 Å². The zero-order valence-corrected chi connectivity index (χ0v) is 14.0. The number of benzene rings is 1. The summed E-state index contributed by atoms with van der Waals surface area (Å²) in [7, 11) is 1.61. The number of methoxy groups -OCH3 is 1. The fourth-order valence-corrected chi connectivity index (χ4v) is 2.16. The van der Waals surface area contributed by atoms with E-state index in [0.717, 1.165) is 18.4 Å². The molecule has 0 heterocycles. The van der Waals surface area contributed by atoms with Crippen LogP contribution in [0.2, 0.25) is 0 Å². The number of hydrogen-bond donors (Lipinski definition) is 2. The highest BCUT2D eigenvalue weighted by atomic mass is 16.6. The van der Waals surface area contributed by atoms with E-state index in [1.54, 1.807) is 32.2 Å². The number of carbonyl (C=O) groups is 2. The molecule has 2 amide bonds. The first-order valence-electron chi connectivity index (χ1n) is 8.04. The topological polar surface area (TPSA) is 99.9 Å². The number of nitrogens with two attached hydrogens (primary N) is 1. The molecule has 0 saturated heterocycles. The molecule has 1 aliphatic rings. The molecule has 7 nitrogen and oxygen atoms in total. The fraction of sp³-hybridized carbons (Fsp3) is 0.529. The van der Waals surface area contributed by atoms with Crippen LogP contribution in [0.4, 0.5) is 4.79 Å². The number of nitrogens with one attached hydrogen (secondary N) is 1. The Kier molecular flexibility index (Phi) is 6.43. The van der Waals surface area contributed by atoms with Crippen molar-refractivity contribution in [2.75, 3.05) is 20.3 Å². The van der Waals surface area contributed by atoms with E-state index in [0.29, 0.717) is 30.9 Å². The lowest BCUT2D eigenvalue weighted by molar-refractivity contribution is 0.0990.